The summed E-state index contributed by atoms with van der Waals surface area (Å²) < 4.78 is 37.4. The fourth-order valence-electron chi connectivity index (χ4n) is 1.93. The molecule has 0 fully saturated rings. The van der Waals surface area contributed by atoms with Crippen LogP contribution >= 0.6 is 11.3 Å². The molecule has 1 atom stereocenters. The SMILES string of the molecule is Cc1ccccc1CCC(N)c1cnc(C(F)(F)F)s1. The maximum atomic E-state index is 12.5. The lowest BCUT2D eigenvalue weighted by molar-refractivity contribution is -0.137. The van der Waals surface area contributed by atoms with Crippen molar-refractivity contribution in [2.45, 2.75) is 32.0 Å². The summed E-state index contributed by atoms with van der Waals surface area (Å²) in [5, 5.41) is -0.834. The number of nitrogens with zero attached hydrogens (tertiary/aromatic N) is 1. The van der Waals surface area contributed by atoms with Crippen molar-refractivity contribution in [2.24, 2.45) is 5.73 Å². The molecule has 0 aliphatic carbocycles. The van der Waals surface area contributed by atoms with E-state index >= 15 is 0 Å². The molecule has 2 rings (SSSR count). The molecule has 0 amide bonds. The standard InChI is InChI=1S/C14H15F3N2S/c1-9-4-2-3-5-10(9)6-7-11(18)12-8-19-13(20-12)14(15,16)17/h2-5,8,11H,6-7,18H2,1H3. The predicted molar refractivity (Wildman–Crippen MR) is 73.5 cm³/mol. The number of halogens is 3. The zero-order valence-corrected chi connectivity index (χ0v) is 11.8. The van der Waals surface area contributed by atoms with E-state index in [9.17, 15) is 13.2 Å². The summed E-state index contributed by atoms with van der Waals surface area (Å²) in [6.07, 6.45) is -1.81. The van der Waals surface area contributed by atoms with Crippen LogP contribution in [0, 0.1) is 6.92 Å². The Labute approximate surface area is 119 Å². The normalized spacial score (nSPS) is 13.4. The largest absolute Gasteiger partial charge is 0.443 e. The summed E-state index contributed by atoms with van der Waals surface area (Å²) in [6.45, 7) is 2.01. The van der Waals surface area contributed by atoms with Gasteiger partial charge in [0, 0.05) is 17.1 Å². The fourth-order valence-corrected chi connectivity index (χ4v) is 2.75. The molecule has 1 aromatic heterocycles. The lowest BCUT2D eigenvalue weighted by Gasteiger charge is -2.10. The minimum Gasteiger partial charge on any atom is -0.323 e. The second-order valence-corrected chi connectivity index (χ2v) is 5.70. The minimum atomic E-state index is -4.39. The van der Waals surface area contributed by atoms with Crippen molar-refractivity contribution < 1.29 is 13.2 Å². The van der Waals surface area contributed by atoms with Crippen molar-refractivity contribution in [1.82, 2.24) is 4.98 Å². The summed E-state index contributed by atoms with van der Waals surface area (Å²) in [7, 11) is 0. The summed E-state index contributed by atoms with van der Waals surface area (Å²) >= 11 is 0.626. The van der Waals surface area contributed by atoms with Gasteiger partial charge < -0.3 is 5.73 Å². The number of benzene rings is 1. The van der Waals surface area contributed by atoms with E-state index in [1.165, 1.54) is 17.3 Å². The van der Waals surface area contributed by atoms with Gasteiger partial charge in [-0.05, 0) is 30.9 Å². The van der Waals surface area contributed by atoms with Crippen LogP contribution in [0.15, 0.2) is 30.5 Å². The Balaban J connectivity index is 2.00. The molecule has 0 saturated heterocycles. The quantitative estimate of drug-likeness (QED) is 0.923. The molecule has 1 unspecified atom stereocenters. The summed E-state index contributed by atoms with van der Waals surface area (Å²) in [6, 6.07) is 7.51. The van der Waals surface area contributed by atoms with Gasteiger partial charge in [-0.15, -0.1) is 11.3 Å². The highest BCUT2D eigenvalue weighted by Gasteiger charge is 2.34. The highest BCUT2D eigenvalue weighted by atomic mass is 32.1. The van der Waals surface area contributed by atoms with Crippen LogP contribution in [0.4, 0.5) is 13.2 Å². The van der Waals surface area contributed by atoms with Crippen LogP contribution in [0.5, 0.6) is 0 Å². The first kappa shape index (κ1) is 15.0. The predicted octanol–water partition coefficient (Wildman–Crippen LogP) is 4.10. The Morgan fingerprint density at radius 1 is 1.30 bits per heavy atom. The molecule has 0 aliphatic heterocycles. The number of nitrogens with two attached hydrogens (primary N) is 1. The lowest BCUT2D eigenvalue weighted by Crippen LogP contribution is -2.10. The molecule has 0 bridgehead atoms. The van der Waals surface area contributed by atoms with Crippen LogP contribution in [0.3, 0.4) is 0 Å². The van der Waals surface area contributed by atoms with Gasteiger partial charge in [0.1, 0.15) is 0 Å². The van der Waals surface area contributed by atoms with E-state index < -0.39 is 17.2 Å². The first-order valence-electron chi connectivity index (χ1n) is 6.21. The van der Waals surface area contributed by atoms with Crippen molar-refractivity contribution in [2.75, 3.05) is 0 Å². The molecule has 2 N–H and O–H groups in total. The zero-order valence-electron chi connectivity index (χ0n) is 10.9. The highest BCUT2D eigenvalue weighted by Crippen LogP contribution is 2.34. The molecule has 108 valence electrons. The van der Waals surface area contributed by atoms with E-state index in [-0.39, 0.29) is 0 Å². The number of thiazole rings is 1. The third-order valence-corrected chi connectivity index (χ3v) is 4.29. The smallest absolute Gasteiger partial charge is 0.323 e. The zero-order chi connectivity index (χ0) is 14.8. The van der Waals surface area contributed by atoms with E-state index in [1.807, 2.05) is 31.2 Å². The van der Waals surface area contributed by atoms with Crippen LogP contribution in [-0.2, 0) is 12.6 Å². The lowest BCUT2D eigenvalue weighted by atomic mass is 10.0. The second kappa shape index (κ2) is 5.93. The summed E-state index contributed by atoms with van der Waals surface area (Å²) in [5.74, 6) is 0. The van der Waals surface area contributed by atoms with E-state index in [4.69, 9.17) is 5.73 Å². The Hall–Kier alpha value is -1.40. The van der Waals surface area contributed by atoms with Crippen LogP contribution in [-0.4, -0.2) is 4.98 Å². The van der Waals surface area contributed by atoms with Crippen molar-refractivity contribution in [3.8, 4) is 0 Å². The molecule has 2 nitrogen and oxygen atoms in total. The van der Waals surface area contributed by atoms with Gasteiger partial charge in [0.25, 0.3) is 0 Å². The van der Waals surface area contributed by atoms with Crippen LogP contribution < -0.4 is 5.73 Å². The van der Waals surface area contributed by atoms with Gasteiger partial charge >= 0.3 is 6.18 Å². The monoisotopic (exact) mass is 300 g/mol. The van der Waals surface area contributed by atoms with Crippen molar-refractivity contribution in [1.29, 1.82) is 0 Å². The topological polar surface area (TPSA) is 38.9 Å². The van der Waals surface area contributed by atoms with Gasteiger partial charge in [-0.25, -0.2) is 4.98 Å². The minimum absolute atomic E-state index is 0.414. The maximum Gasteiger partial charge on any atom is 0.443 e. The van der Waals surface area contributed by atoms with Gasteiger partial charge in [-0.3, -0.25) is 0 Å². The highest BCUT2D eigenvalue weighted by molar-refractivity contribution is 7.11. The van der Waals surface area contributed by atoms with E-state index in [1.54, 1.807) is 0 Å². The molecule has 0 saturated carbocycles. The van der Waals surface area contributed by atoms with E-state index in [2.05, 4.69) is 4.98 Å². The van der Waals surface area contributed by atoms with E-state index in [0.29, 0.717) is 22.6 Å². The average molecular weight is 300 g/mol. The number of alkyl halides is 3. The number of aromatic nitrogens is 1. The molecule has 6 heteroatoms. The van der Waals surface area contributed by atoms with Crippen molar-refractivity contribution in [3.05, 3.63) is 51.5 Å². The molecule has 1 aromatic carbocycles. The first-order valence-corrected chi connectivity index (χ1v) is 7.02. The average Bonchev–Trinajstić information content (AvgIpc) is 2.87. The summed E-state index contributed by atoms with van der Waals surface area (Å²) in [4.78, 5) is 3.87. The maximum absolute atomic E-state index is 12.5. The van der Waals surface area contributed by atoms with Gasteiger partial charge in [0.15, 0.2) is 5.01 Å². The third kappa shape index (κ3) is 3.58. The Kier molecular flexibility index (Phi) is 4.45. The molecule has 0 spiro atoms. The molecular weight excluding hydrogens is 285 g/mol. The van der Waals surface area contributed by atoms with E-state index in [0.717, 1.165) is 6.42 Å². The van der Waals surface area contributed by atoms with Gasteiger partial charge in [-0.1, -0.05) is 24.3 Å². The van der Waals surface area contributed by atoms with Crippen LogP contribution in [0.1, 0.15) is 33.5 Å². The van der Waals surface area contributed by atoms with Crippen LogP contribution in [0.25, 0.3) is 0 Å². The number of rotatable bonds is 4. The molecule has 1 heterocycles. The number of hydrogen-bond acceptors (Lipinski definition) is 3. The Morgan fingerprint density at radius 3 is 2.60 bits per heavy atom. The first-order chi connectivity index (χ1) is 9.38. The summed E-state index contributed by atoms with van der Waals surface area (Å²) in [5.41, 5.74) is 8.29. The molecule has 20 heavy (non-hydrogen) atoms. The Morgan fingerprint density at radius 2 is 2.00 bits per heavy atom. The Bertz CT molecular complexity index is 578. The molecule has 2 aromatic rings. The van der Waals surface area contributed by atoms with Gasteiger partial charge in [-0.2, -0.15) is 13.2 Å². The third-order valence-electron chi connectivity index (χ3n) is 3.12. The molecule has 0 aliphatic rings. The fraction of sp³-hybridized carbons (Fsp3) is 0.357. The molecular formula is C14H15F3N2S. The van der Waals surface area contributed by atoms with Crippen LogP contribution in [0.2, 0.25) is 0 Å². The van der Waals surface area contributed by atoms with Crippen molar-refractivity contribution in [3.63, 3.8) is 0 Å². The second-order valence-electron chi connectivity index (χ2n) is 4.64. The van der Waals surface area contributed by atoms with Gasteiger partial charge in [0.2, 0.25) is 0 Å². The van der Waals surface area contributed by atoms with Crippen molar-refractivity contribution >= 4 is 11.3 Å². The van der Waals surface area contributed by atoms with Gasteiger partial charge in [0.05, 0.1) is 0 Å². The number of hydrogen-bond donors (Lipinski definition) is 1. The molecule has 0 radical (unpaired) electrons. The number of aryl methyl sites for hydroxylation is 2.